The molecule has 1 rings (SSSR count). The number of rotatable bonds is 6. The zero-order valence-electron chi connectivity index (χ0n) is 11.3. The number of alkyl halides is 3. The van der Waals surface area contributed by atoms with Crippen molar-refractivity contribution in [1.29, 1.82) is 0 Å². The van der Waals surface area contributed by atoms with Crippen LogP contribution in [0.25, 0.3) is 0 Å². The summed E-state index contributed by atoms with van der Waals surface area (Å²) in [5.41, 5.74) is 5.57. The van der Waals surface area contributed by atoms with E-state index in [0.717, 1.165) is 6.42 Å². The highest BCUT2D eigenvalue weighted by molar-refractivity contribution is 9.10. The standard InChI is InChI=1S/C13H17BrF3NO2/c1-12(2,8-18)5-6-19-9-3-4-11(10(14)7-9)20-13(15,16)17/h3-4,7H,5-6,8,18H2,1-2H3. The van der Waals surface area contributed by atoms with Crippen LogP contribution in [0.15, 0.2) is 22.7 Å². The van der Waals surface area contributed by atoms with Crippen LogP contribution < -0.4 is 15.2 Å². The molecule has 0 saturated carbocycles. The Labute approximate surface area is 124 Å². The maximum atomic E-state index is 12.1. The van der Waals surface area contributed by atoms with E-state index in [1.165, 1.54) is 18.2 Å². The molecule has 0 saturated heterocycles. The summed E-state index contributed by atoms with van der Waals surface area (Å²) in [6.07, 6.45) is -3.96. The monoisotopic (exact) mass is 355 g/mol. The average molecular weight is 356 g/mol. The van der Waals surface area contributed by atoms with Crippen LogP contribution in [0.3, 0.4) is 0 Å². The number of benzene rings is 1. The largest absolute Gasteiger partial charge is 0.573 e. The first kappa shape index (κ1) is 17.1. The number of nitrogens with two attached hydrogens (primary N) is 1. The lowest BCUT2D eigenvalue weighted by Gasteiger charge is -2.22. The van der Waals surface area contributed by atoms with Gasteiger partial charge in [-0.3, -0.25) is 0 Å². The van der Waals surface area contributed by atoms with Crippen LogP contribution in [0.1, 0.15) is 20.3 Å². The highest BCUT2D eigenvalue weighted by atomic mass is 79.9. The first-order valence-corrected chi connectivity index (χ1v) is 6.80. The van der Waals surface area contributed by atoms with Crippen LogP contribution in [0.2, 0.25) is 0 Å². The summed E-state index contributed by atoms with van der Waals surface area (Å²) in [6.45, 7) is 5.02. The average Bonchev–Trinajstić information content (AvgIpc) is 2.31. The van der Waals surface area contributed by atoms with E-state index in [1.54, 1.807) is 0 Å². The molecule has 0 aliphatic heterocycles. The zero-order chi connectivity index (χ0) is 15.4. The van der Waals surface area contributed by atoms with Crippen molar-refractivity contribution >= 4 is 15.9 Å². The first-order chi connectivity index (χ1) is 9.13. The molecule has 2 N–H and O–H groups in total. The summed E-state index contributed by atoms with van der Waals surface area (Å²) in [4.78, 5) is 0. The van der Waals surface area contributed by atoms with Crippen LogP contribution in [-0.4, -0.2) is 19.5 Å². The summed E-state index contributed by atoms with van der Waals surface area (Å²) in [5, 5.41) is 0. The summed E-state index contributed by atoms with van der Waals surface area (Å²) >= 11 is 3.02. The molecule has 1 aromatic carbocycles. The molecule has 114 valence electrons. The third kappa shape index (κ3) is 6.00. The molecule has 7 heteroatoms. The second-order valence-corrected chi connectivity index (χ2v) is 5.96. The van der Waals surface area contributed by atoms with Gasteiger partial charge in [-0.1, -0.05) is 13.8 Å². The Balaban J connectivity index is 2.60. The van der Waals surface area contributed by atoms with E-state index in [4.69, 9.17) is 10.5 Å². The zero-order valence-corrected chi connectivity index (χ0v) is 12.8. The van der Waals surface area contributed by atoms with E-state index in [2.05, 4.69) is 20.7 Å². The van der Waals surface area contributed by atoms with Gasteiger partial charge in [0, 0.05) is 0 Å². The van der Waals surface area contributed by atoms with Crippen LogP contribution in [0.5, 0.6) is 11.5 Å². The van der Waals surface area contributed by atoms with Crippen molar-refractivity contribution in [3.8, 4) is 11.5 Å². The molecule has 0 amide bonds. The Morgan fingerprint density at radius 1 is 1.25 bits per heavy atom. The minimum absolute atomic E-state index is 0.0312. The van der Waals surface area contributed by atoms with Gasteiger partial charge >= 0.3 is 6.36 Å². The summed E-state index contributed by atoms with van der Waals surface area (Å²) in [5.74, 6) is 0.173. The summed E-state index contributed by atoms with van der Waals surface area (Å²) < 4.78 is 45.8. The van der Waals surface area contributed by atoms with Crippen molar-refractivity contribution in [1.82, 2.24) is 0 Å². The smallest absolute Gasteiger partial charge is 0.494 e. The van der Waals surface area contributed by atoms with Gasteiger partial charge in [0.15, 0.2) is 0 Å². The van der Waals surface area contributed by atoms with E-state index in [-0.39, 0.29) is 15.6 Å². The lowest BCUT2D eigenvalue weighted by molar-refractivity contribution is -0.274. The Hall–Kier alpha value is -0.950. The van der Waals surface area contributed by atoms with Crippen molar-refractivity contribution in [2.24, 2.45) is 11.1 Å². The van der Waals surface area contributed by atoms with E-state index in [1.807, 2.05) is 13.8 Å². The van der Waals surface area contributed by atoms with Gasteiger partial charge in [-0.15, -0.1) is 13.2 Å². The second kappa shape index (κ2) is 6.67. The highest BCUT2D eigenvalue weighted by Crippen LogP contribution is 2.33. The lowest BCUT2D eigenvalue weighted by Crippen LogP contribution is -2.25. The maximum absolute atomic E-state index is 12.1. The third-order valence-electron chi connectivity index (χ3n) is 2.73. The molecule has 0 unspecified atom stereocenters. The molecule has 0 atom stereocenters. The molecule has 20 heavy (non-hydrogen) atoms. The Kier molecular flexibility index (Phi) is 5.70. The Morgan fingerprint density at radius 3 is 2.40 bits per heavy atom. The molecule has 0 fully saturated rings. The van der Waals surface area contributed by atoms with Gasteiger partial charge in [0.25, 0.3) is 0 Å². The minimum Gasteiger partial charge on any atom is -0.494 e. The van der Waals surface area contributed by atoms with Gasteiger partial charge < -0.3 is 15.2 Å². The number of hydrogen-bond acceptors (Lipinski definition) is 3. The first-order valence-electron chi connectivity index (χ1n) is 6.01. The van der Waals surface area contributed by atoms with Crippen molar-refractivity contribution in [2.45, 2.75) is 26.6 Å². The molecule has 1 aromatic rings. The van der Waals surface area contributed by atoms with Crippen molar-refractivity contribution < 1.29 is 22.6 Å². The minimum atomic E-state index is -4.71. The van der Waals surface area contributed by atoms with Crippen molar-refractivity contribution in [3.63, 3.8) is 0 Å². The Morgan fingerprint density at radius 2 is 1.90 bits per heavy atom. The van der Waals surface area contributed by atoms with Gasteiger partial charge in [0.2, 0.25) is 0 Å². The van der Waals surface area contributed by atoms with Crippen LogP contribution in [-0.2, 0) is 0 Å². The number of halogens is 4. The van der Waals surface area contributed by atoms with Gasteiger partial charge in [-0.2, -0.15) is 0 Å². The summed E-state index contributed by atoms with van der Waals surface area (Å²) in [7, 11) is 0. The van der Waals surface area contributed by atoms with Crippen LogP contribution in [0.4, 0.5) is 13.2 Å². The van der Waals surface area contributed by atoms with E-state index in [0.29, 0.717) is 18.9 Å². The molecule has 0 radical (unpaired) electrons. The fourth-order valence-electron chi connectivity index (χ4n) is 1.33. The molecule has 0 heterocycles. The third-order valence-corrected chi connectivity index (χ3v) is 3.35. The normalized spacial score (nSPS) is 12.3. The number of hydrogen-bond donors (Lipinski definition) is 1. The Bertz CT molecular complexity index is 450. The fraction of sp³-hybridized carbons (Fsp3) is 0.538. The second-order valence-electron chi connectivity index (χ2n) is 5.11. The van der Waals surface area contributed by atoms with Crippen LogP contribution in [0, 0.1) is 5.41 Å². The maximum Gasteiger partial charge on any atom is 0.573 e. The molecule has 0 bridgehead atoms. The van der Waals surface area contributed by atoms with Gasteiger partial charge in [0.05, 0.1) is 11.1 Å². The van der Waals surface area contributed by atoms with Gasteiger partial charge in [-0.05, 0) is 52.5 Å². The van der Waals surface area contributed by atoms with Gasteiger partial charge in [0.1, 0.15) is 11.5 Å². The molecule has 3 nitrogen and oxygen atoms in total. The quantitative estimate of drug-likeness (QED) is 0.835. The lowest BCUT2D eigenvalue weighted by atomic mass is 9.90. The SMILES string of the molecule is CC(C)(CN)CCOc1ccc(OC(F)(F)F)c(Br)c1. The highest BCUT2D eigenvalue weighted by Gasteiger charge is 2.32. The predicted octanol–water partition coefficient (Wildman–Crippen LogP) is 4.10. The van der Waals surface area contributed by atoms with E-state index >= 15 is 0 Å². The molecule has 0 spiro atoms. The predicted molar refractivity (Wildman–Crippen MR) is 73.8 cm³/mol. The van der Waals surface area contributed by atoms with Crippen molar-refractivity contribution in [3.05, 3.63) is 22.7 Å². The van der Waals surface area contributed by atoms with Crippen molar-refractivity contribution in [2.75, 3.05) is 13.2 Å². The molecule has 0 aromatic heterocycles. The molecule has 0 aliphatic rings. The van der Waals surface area contributed by atoms with Gasteiger partial charge in [-0.25, -0.2) is 0 Å². The molecular formula is C13H17BrF3NO2. The topological polar surface area (TPSA) is 44.5 Å². The molecule has 0 aliphatic carbocycles. The fourth-order valence-corrected chi connectivity index (χ4v) is 1.76. The molecular weight excluding hydrogens is 339 g/mol. The van der Waals surface area contributed by atoms with E-state index in [9.17, 15) is 13.2 Å². The van der Waals surface area contributed by atoms with Crippen LogP contribution >= 0.6 is 15.9 Å². The summed E-state index contributed by atoms with van der Waals surface area (Å²) in [6, 6.07) is 4.08. The van der Waals surface area contributed by atoms with E-state index < -0.39 is 6.36 Å². The number of ether oxygens (including phenoxy) is 2.